The molecule has 0 aliphatic carbocycles. The Balaban J connectivity index is 0.00000196. The minimum atomic E-state index is 0. The predicted molar refractivity (Wildman–Crippen MR) is 115 cm³/mol. The number of aromatic nitrogens is 1. The highest BCUT2D eigenvalue weighted by molar-refractivity contribution is 9.10. The molecule has 2 aromatic heterocycles. The number of anilines is 1. The van der Waals surface area contributed by atoms with Gasteiger partial charge in [-0.1, -0.05) is 51.5 Å². The molecule has 0 saturated heterocycles. The first-order valence-corrected chi connectivity index (χ1v) is 9.31. The Morgan fingerprint density at radius 3 is 2.81 bits per heavy atom. The van der Waals surface area contributed by atoms with E-state index in [0.29, 0.717) is 5.76 Å². The fraction of sp³-hybridized carbons (Fsp3) is 0.0526. The molecular formula is C19H15BrClN3OS. The van der Waals surface area contributed by atoms with Crippen LogP contribution >= 0.6 is 39.7 Å². The SMILES string of the molecule is Cc1ccc(-c2ccc(/C=N/Nc3nc4ccccc4s3)o2)cc1Br.Cl. The predicted octanol–water partition coefficient (Wildman–Crippen LogP) is 6.50. The molecule has 0 spiro atoms. The molecule has 1 N–H and O–H groups in total. The third-order valence-electron chi connectivity index (χ3n) is 3.73. The second-order valence-corrected chi connectivity index (χ2v) is 7.41. The summed E-state index contributed by atoms with van der Waals surface area (Å²) in [5, 5.41) is 4.97. The molecule has 0 amide bonds. The van der Waals surface area contributed by atoms with Gasteiger partial charge in [0.15, 0.2) is 0 Å². The number of aryl methyl sites for hydroxylation is 1. The van der Waals surface area contributed by atoms with E-state index in [-0.39, 0.29) is 12.4 Å². The van der Waals surface area contributed by atoms with E-state index >= 15 is 0 Å². The Kier molecular flexibility index (Phi) is 5.76. The number of fused-ring (bicyclic) bond motifs is 1. The van der Waals surface area contributed by atoms with Crippen LogP contribution in [0.5, 0.6) is 0 Å². The van der Waals surface area contributed by atoms with Crippen molar-refractivity contribution in [1.29, 1.82) is 0 Å². The quantitative estimate of drug-likeness (QED) is 0.286. The van der Waals surface area contributed by atoms with Gasteiger partial charge in [-0.25, -0.2) is 4.98 Å². The van der Waals surface area contributed by atoms with Crippen LogP contribution in [0.2, 0.25) is 0 Å². The third-order valence-corrected chi connectivity index (χ3v) is 5.52. The van der Waals surface area contributed by atoms with Crippen molar-refractivity contribution in [1.82, 2.24) is 4.98 Å². The molecule has 2 aromatic carbocycles. The number of furan rings is 1. The fourth-order valence-electron chi connectivity index (χ4n) is 2.39. The van der Waals surface area contributed by atoms with Crippen LogP contribution in [0.15, 0.2) is 68.6 Å². The minimum Gasteiger partial charge on any atom is -0.455 e. The number of hydrogen-bond donors (Lipinski definition) is 1. The van der Waals surface area contributed by atoms with E-state index in [9.17, 15) is 0 Å². The van der Waals surface area contributed by atoms with Crippen LogP contribution in [0.25, 0.3) is 21.5 Å². The highest BCUT2D eigenvalue weighted by atomic mass is 79.9. The lowest BCUT2D eigenvalue weighted by molar-refractivity contribution is 0.575. The molecule has 4 rings (SSSR count). The van der Waals surface area contributed by atoms with Crippen LogP contribution in [-0.4, -0.2) is 11.2 Å². The lowest BCUT2D eigenvalue weighted by Gasteiger charge is -2.01. The van der Waals surface area contributed by atoms with Gasteiger partial charge in [0.05, 0.1) is 16.4 Å². The molecule has 132 valence electrons. The maximum atomic E-state index is 5.83. The van der Waals surface area contributed by atoms with Gasteiger partial charge in [-0.05, 0) is 42.8 Å². The zero-order chi connectivity index (χ0) is 17.2. The third kappa shape index (κ3) is 3.98. The first kappa shape index (κ1) is 18.6. The first-order valence-electron chi connectivity index (χ1n) is 7.70. The summed E-state index contributed by atoms with van der Waals surface area (Å²) in [4.78, 5) is 4.47. The number of nitrogens with zero attached hydrogens (tertiary/aromatic N) is 2. The standard InChI is InChI=1S/C19H14BrN3OS.ClH/c1-12-6-7-13(10-15(12)20)17-9-8-14(24-17)11-21-23-19-22-16-4-2-3-5-18(16)25-19;/h2-11H,1H3,(H,22,23);1H/b21-11+;. The molecule has 0 unspecified atom stereocenters. The van der Waals surface area contributed by atoms with Crippen molar-refractivity contribution in [3.8, 4) is 11.3 Å². The number of hydrazone groups is 1. The van der Waals surface area contributed by atoms with Crippen LogP contribution in [-0.2, 0) is 0 Å². The average Bonchev–Trinajstić information content (AvgIpc) is 3.24. The number of halogens is 2. The number of benzene rings is 2. The van der Waals surface area contributed by atoms with Crippen molar-refractivity contribution in [2.24, 2.45) is 5.10 Å². The molecule has 4 aromatic rings. The van der Waals surface area contributed by atoms with Crippen molar-refractivity contribution < 1.29 is 4.42 Å². The van der Waals surface area contributed by atoms with Crippen LogP contribution in [0.3, 0.4) is 0 Å². The maximum absolute atomic E-state index is 5.83. The molecule has 26 heavy (non-hydrogen) atoms. The number of para-hydroxylation sites is 1. The van der Waals surface area contributed by atoms with Gasteiger partial charge in [0.1, 0.15) is 11.5 Å². The van der Waals surface area contributed by atoms with Gasteiger partial charge in [0, 0.05) is 10.0 Å². The van der Waals surface area contributed by atoms with Crippen LogP contribution in [0.4, 0.5) is 5.13 Å². The van der Waals surface area contributed by atoms with E-state index in [2.05, 4.69) is 50.5 Å². The molecule has 4 nitrogen and oxygen atoms in total. The van der Waals surface area contributed by atoms with E-state index in [4.69, 9.17) is 4.42 Å². The van der Waals surface area contributed by atoms with E-state index < -0.39 is 0 Å². The monoisotopic (exact) mass is 447 g/mol. The normalized spacial score (nSPS) is 11.0. The molecule has 0 aliphatic rings. The van der Waals surface area contributed by atoms with Crippen molar-refractivity contribution >= 4 is 61.2 Å². The Morgan fingerprint density at radius 1 is 1.15 bits per heavy atom. The summed E-state index contributed by atoms with van der Waals surface area (Å²) >= 11 is 5.11. The molecule has 0 bridgehead atoms. The van der Waals surface area contributed by atoms with Gasteiger partial charge in [0.25, 0.3) is 0 Å². The maximum Gasteiger partial charge on any atom is 0.204 e. The number of thiazole rings is 1. The van der Waals surface area contributed by atoms with Gasteiger partial charge < -0.3 is 4.42 Å². The molecule has 0 fully saturated rings. The Hall–Kier alpha value is -2.15. The zero-order valence-corrected chi connectivity index (χ0v) is 17.0. The lowest BCUT2D eigenvalue weighted by Crippen LogP contribution is -1.88. The van der Waals surface area contributed by atoms with Gasteiger partial charge >= 0.3 is 0 Å². The summed E-state index contributed by atoms with van der Waals surface area (Å²) in [6.45, 7) is 2.06. The molecule has 7 heteroatoms. The number of hydrogen-bond acceptors (Lipinski definition) is 5. The summed E-state index contributed by atoms with van der Waals surface area (Å²) in [6, 6.07) is 18.0. The van der Waals surface area contributed by atoms with Crippen LogP contribution in [0.1, 0.15) is 11.3 Å². The van der Waals surface area contributed by atoms with Gasteiger partial charge in [-0.15, -0.1) is 12.4 Å². The van der Waals surface area contributed by atoms with Crippen molar-refractivity contribution in [3.05, 3.63) is 70.4 Å². The topological polar surface area (TPSA) is 50.4 Å². The molecule has 0 radical (unpaired) electrons. The smallest absolute Gasteiger partial charge is 0.204 e. The first-order chi connectivity index (χ1) is 12.2. The second-order valence-electron chi connectivity index (χ2n) is 5.52. The average molecular weight is 449 g/mol. The number of rotatable bonds is 4. The second kappa shape index (κ2) is 8.03. The molecule has 0 aliphatic heterocycles. The lowest BCUT2D eigenvalue weighted by atomic mass is 10.1. The zero-order valence-electron chi connectivity index (χ0n) is 13.8. The van der Waals surface area contributed by atoms with E-state index in [0.717, 1.165) is 31.1 Å². The summed E-state index contributed by atoms with van der Waals surface area (Å²) in [5.41, 5.74) is 6.14. The molecule has 2 heterocycles. The van der Waals surface area contributed by atoms with Crippen LogP contribution < -0.4 is 5.43 Å². The summed E-state index contributed by atoms with van der Waals surface area (Å²) < 4.78 is 8.03. The fourth-order valence-corrected chi connectivity index (χ4v) is 3.59. The summed E-state index contributed by atoms with van der Waals surface area (Å²) in [7, 11) is 0. The van der Waals surface area contributed by atoms with Crippen LogP contribution in [0, 0.1) is 6.92 Å². The van der Waals surface area contributed by atoms with E-state index in [1.54, 1.807) is 17.6 Å². The molecule has 0 atom stereocenters. The largest absolute Gasteiger partial charge is 0.455 e. The summed E-state index contributed by atoms with van der Waals surface area (Å²) in [5.74, 6) is 1.49. The molecule has 0 saturated carbocycles. The van der Waals surface area contributed by atoms with Crippen molar-refractivity contribution in [2.45, 2.75) is 6.92 Å². The van der Waals surface area contributed by atoms with Gasteiger partial charge in [-0.2, -0.15) is 5.10 Å². The van der Waals surface area contributed by atoms with Crippen molar-refractivity contribution in [3.63, 3.8) is 0 Å². The highest BCUT2D eigenvalue weighted by Crippen LogP contribution is 2.27. The Morgan fingerprint density at radius 2 is 2.00 bits per heavy atom. The summed E-state index contributed by atoms with van der Waals surface area (Å²) in [6.07, 6.45) is 1.65. The number of nitrogens with one attached hydrogen (secondary N) is 1. The Bertz CT molecular complexity index is 1040. The van der Waals surface area contributed by atoms with Crippen molar-refractivity contribution in [2.75, 3.05) is 5.43 Å². The van der Waals surface area contributed by atoms with Gasteiger partial charge in [0.2, 0.25) is 5.13 Å². The highest BCUT2D eigenvalue weighted by Gasteiger charge is 2.06. The van der Waals surface area contributed by atoms with E-state index in [1.165, 1.54) is 5.56 Å². The Labute approximate surface area is 169 Å². The minimum absolute atomic E-state index is 0. The van der Waals surface area contributed by atoms with E-state index in [1.807, 2.05) is 42.5 Å². The molecular weight excluding hydrogens is 434 g/mol. The van der Waals surface area contributed by atoms with Gasteiger partial charge in [-0.3, -0.25) is 5.43 Å².